The molecule has 1 aromatic carbocycles. The molecule has 1 fully saturated rings. The third kappa shape index (κ3) is 4.93. The minimum atomic E-state index is -1.12. The highest BCUT2D eigenvalue weighted by atomic mass is 19.1. The second-order valence-corrected chi connectivity index (χ2v) is 5.91. The molecule has 1 heterocycles. The van der Waals surface area contributed by atoms with Gasteiger partial charge in [-0.3, -0.25) is 9.69 Å². The molecule has 1 aliphatic rings. The van der Waals surface area contributed by atoms with Crippen molar-refractivity contribution in [3.05, 3.63) is 54.6 Å². The third-order valence-electron chi connectivity index (χ3n) is 3.98. The van der Waals surface area contributed by atoms with Crippen LogP contribution in [0.3, 0.4) is 0 Å². The molecule has 2 amide bonds. The van der Waals surface area contributed by atoms with Gasteiger partial charge in [0, 0.05) is 12.6 Å². The van der Waals surface area contributed by atoms with E-state index in [0.29, 0.717) is 25.5 Å². The predicted molar refractivity (Wildman–Crippen MR) is 96.7 cm³/mol. The lowest BCUT2D eigenvalue weighted by Gasteiger charge is -2.23. The molecule has 0 aliphatic carbocycles. The smallest absolute Gasteiger partial charge is 0.410 e. The van der Waals surface area contributed by atoms with E-state index < -0.39 is 46.9 Å². The van der Waals surface area contributed by atoms with Gasteiger partial charge in [-0.05, 0) is 18.9 Å². The number of amides is 2. The van der Waals surface area contributed by atoms with Crippen molar-refractivity contribution in [2.45, 2.75) is 18.9 Å². The molecular weight excluding hydrogens is 374 g/mol. The van der Waals surface area contributed by atoms with Gasteiger partial charge in [0.1, 0.15) is 30.9 Å². The lowest BCUT2D eigenvalue weighted by Crippen LogP contribution is -2.43. The van der Waals surface area contributed by atoms with E-state index in [2.05, 4.69) is 18.5 Å². The molecule has 1 N–H and O–H groups in total. The van der Waals surface area contributed by atoms with E-state index in [1.54, 1.807) is 0 Å². The number of likely N-dealkylation sites (tertiary alicyclic amines) is 1. The van der Waals surface area contributed by atoms with Crippen LogP contribution in [0.15, 0.2) is 37.4 Å². The van der Waals surface area contributed by atoms with Crippen LogP contribution in [0.1, 0.15) is 23.2 Å². The minimum Gasteiger partial charge on any atom is -0.458 e. The summed E-state index contributed by atoms with van der Waals surface area (Å²) in [6, 6.07) is 0.451. The summed E-state index contributed by atoms with van der Waals surface area (Å²) in [7, 11) is 0. The molecule has 1 aromatic rings. The van der Waals surface area contributed by atoms with Crippen LogP contribution in [0, 0.1) is 11.6 Å². The fourth-order valence-electron chi connectivity index (χ4n) is 2.70. The maximum atomic E-state index is 14.1. The van der Waals surface area contributed by atoms with E-state index in [1.165, 1.54) is 17.1 Å². The van der Waals surface area contributed by atoms with E-state index in [0.717, 1.165) is 6.07 Å². The van der Waals surface area contributed by atoms with Crippen molar-refractivity contribution < 1.29 is 32.6 Å². The summed E-state index contributed by atoms with van der Waals surface area (Å²) in [5, 5.41) is 2.29. The molecule has 2 rings (SSSR count). The van der Waals surface area contributed by atoms with Gasteiger partial charge in [0.2, 0.25) is 5.91 Å². The molecule has 7 nitrogen and oxygen atoms in total. The van der Waals surface area contributed by atoms with Crippen LogP contribution in [-0.2, 0) is 14.3 Å². The van der Waals surface area contributed by atoms with Crippen molar-refractivity contribution in [2.24, 2.45) is 0 Å². The van der Waals surface area contributed by atoms with E-state index >= 15 is 0 Å². The van der Waals surface area contributed by atoms with Crippen molar-refractivity contribution in [1.82, 2.24) is 4.90 Å². The van der Waals surface area contributed by atoms with Crippen LogP contribution < -0.4 is 5.32 Å². The zero-order valence-electron chi connectivity index (χ0n) is 15.1. The Balaban J connectivity index is 2.16. The first-order valence-corrected chi connectivity index (χ1v) is 8.51. The number of hydrogen-bond donors (Lipinski definition) is 1. The largest absolute Gasteiger partial charge is 0.458 e. The zero-order chi connectivity index (χ0) is 20.7. The Labute approximate surface area is 160 Å². The van der Waals surface area contributed by atoms with E-state index in [9.17, 15) is 23.2 Å². The fourth-order valence-corrected chi connectivity index (χ4v) is 2.70. The van der Waals surface area contributed by atoms with Gasteiger partial charge in [0.05, 0.1) is 11.3 Å². The Hall–Kier alpha value is -3.23. The zero-order valence-corrected chi connectivity index (χ0v) is 15.1. The summed E-state index contributed by atoms with van der Waals surface area (Å²) in [6.07, 6.45) is 2.91. The number of benzene rings is 1. The quantitative estimate of drug-likeness (QED) is 0.568. The van der Waals surface area contributed by atoms with Crippen LogP contribution in [-0.4, -0.2) is 48.7 Å². The Morgan fingerprint density at radius 1 is 1.14 bits per heavy atom. The summed E-state index contributed by atoms with van der Waals surface area (Å²) in [5.74, 6) is -3.89. The van der Waals surface area contributed by atoms with Gasteiger partial charge in [-0.15, -0.1) is 0 Å². The average Bonchev–Trinajstić information content (AvgIpc) is 3.16. The van der Waals surface area contributed by atoms with Crippen molar-refractivity contribution in [2.75, 3.05) is 25.1 Å². The summed E-state index contributed by atoms with van der Waals surface area (Å²) < 4.78 is 37.6. The molecule has 0 aromatic heterocycles. The molecule has 1 atom stereocenters. The number of ether oxygens (including phenoxy) is 2. The molecule has 150 valence electrons. The molecule has 28 heavy (non-hydrogen) atoms. The Kier molecular flexibility index (Phi) is 7.25. The minimum absolute atomic E-state index is 0.00750. The normalized spacial score (nSPS) is 15.6. The average molecular weight is 394 g/mol. The standard InChI is InChI=1S/C19H20F2N2O5/c1-3-8-27-18(25)12-10-15(14(21)11-13(12)20)22-17(24)16-6-5-7-23(16)19(26)28-9-4-2/h3-4,10-11,16H,1-2,5-9H2,(H,22,24)/t16-/m0/s1. The van der Waals surface area contributed by atoms with Gasteiger partial charge in [0.15, 0.2) is 0 Å². The molecule has 1 saturated heterocycles. The second kappa shape index (κ2) is 9.63. The second-order valence-electron chi connectivity index (χ2n) is 5.91. The van der Waals surface area contributed by atoms with Crippen LogP contribution in [0.5, 0.6) is 0 Å². The summed E-state index contributed by atoms with van der Waals surface area (Å²) in [4.78, 5) is 37.6. The van der Waals surface area contributed by atoms with Crippen LogP contribution in [0.4, 0.5) is 19.3 Å². The topological polar surface area (TPSA) is 84.9 Å². The maximum absolute atomic E-state index is 14.1. The van der Waals surface area contributed by atoms with Gasteiger partial charge in [-0.2, -0.15) is 0 Å². The Morgan fingerprint density at radius 2 is 1.82 bits per heavy atom. The van der Waals surface area contributed by atoms with Crippen LogP contribution in [0.2, 0.25) is 0 Å². The number of nitrogens with one attached hydrogen (secondary N) is 1. The van der Waals surface area contributed by atoms with Gasteiger partial charge in [-0.1, -0.05) is 25.3 Å². The number of halogens is 2. The SMILES string of the molecule is C=CCOC(=O)c1cc(NC(=O)[C@@H]2CCCN2C(=O)OCC=C)c(F)cc1F. The first-order valence-electron chi connectivity index (χ1n) is 8.51. The number of carbonyl (C=O) groups is 3. The lowest BCUT2D eigenvalue weighted by molar-refractivity contribution is -0.120. The third-order valence-corrected chi connectivity index (χ3v) is 3.98. The first kappa shape index (κ1) is 21.1. The molecule has 0 radical (unpaired) electrons. The molecule has 1 aliphatic heterocycles. The number of hydrogen-bond acceptors (Lipinski definition) is 5. The fraction of sp³-hybridized carbons (Fsp3) is 0.316. The van der Waals surface area contributed by atoms with Crippen molar-refractivity contribution >= 4 is 23.7 Å². The lowest BCUT2D eigenvalue weighted by atomic mass is 10.1. The summed E-state index contributed by atoms with van der Waals surface area (Å²) in [6.45, 7) is 6.95. The highest BCUT2D eigenvalue weighted by Gasteiger charge is 2.35. The number of carbonyl (C=O) groups excluding carboxylic acids is 3. The molecule has 0 saturated carbocycles. The van der Waals surface area contributed by atoms with Gasteiger partial charge in [-0.25, -0.2) is 18.4 Å². The van der Waals surface area contributed by atoms with Gasteiger partial charge < -0.3 is 14.8 Å². The first-order chi connectivity index (χ1) is 13.4. The maximum Gasteiger partial charge on any atom is 0.410 e. The molecule has 0 unspecified atom stereocenters. The molecular formula is C19H20F2N2O5. The van der Waals surface area contributed by atoms with Crippen molar-refractivity contribution in [1.29, 1.82) is 0 Å². The number of anilines is 1. The highest BCUT2D eigenvalue weighted by Crippen LogP contribution is 2.24. The van der Waals surface area contributed by atoms with Gasteiger partial charge >= 0.3 is 12.1 Å². The number of nitrogens with zero attached hydrogens (tertiary/aromatic N) is 1. The molecule has 9 heteroatoms. The van der Waals surface area contributed by atoms with E-state index in [1.807, 2.05) is 0 Å². The van der Waals surface area contributed by atoms with Crippen molar-refractivity contribution in [3.8, 4) is 0 Å². The highest BCUT2D eigenvalue weighted by molar-refractivity contribution is 5.98. The van der Waals surface area contributed by atoms with E-state index in [-0.39, 0.29) is 13.2 Å². The molecule has 0 bridgehead atoms. The Morgan fingerprint density at radius 3 is 2.50 bits per heavy atom. The van der Waals surface area contributed by atoms with Gasteiger partial charge in [0.25, 0.3) is 0 Å². The van der Waals surface area contributed by atoms with Crippen LogP contribution in [0.25, 0.3) is 0 Å². The summed E-state index contributed by atoms with van der Waals surface area (Å²) in [5.41, 5.74) is -0.935. The van der Waals surface area contributed by atoms with Crippen molar-refractivity contribution in [3.63, 3.8) is 0 Å². The van der Waals surface area contributed by atoms with Crippen LogP contribution >= 0.6 is 0 Å². The molecule has 0 spiro atoms. The summed E-state index contributed by atoms with van der Waals surface area (Å²) >= 11 is 0. The monoisotopic (exact) mass is 394 g/mol. The Bertz CT molecular complexity index is 797. The number of esters is 1. The predicted octanol–water partition coefficient (Wildman–Crippen LogP) is 3.03. The van der Waals surface area contributed by atoms with E-state index in [4.69, 9.17) is 9.47 Å². The number of rotatable bonds is 7.